The third-order valence-electron chi connectivity index (χ3n) is 2.16. The molecule has 78 valence electrons. The normalized spacial score (nSPS) is 21.9. The van der Waals surface area contributed by atoms with Crippen LogP contribution >= 0.6 is 0 Å². The number of nitrogens with zero attached hydrogens (tertiary/aromatic N) is 1. The number of aldehydes is 1. The predicted molar refractivity (Wildman–Crippen MR) is 52.6 cm³/mol. The highest BCUT2D eigenvalue weighted by atomic mass is 16.1. The van der Waals surface area contributed by atoms with E-state index in [4.69, 9.17) is 0 Å². The van der Waals surface area contributed by atoms with Gasteiger partial charge in [-0.25, -0.2) is 0 Å². The molecule has 1 unspecified atom stereocenters. The Morgan fingerprint density at radius 2 is 2.50 bits per heavy atom. The van der Waals surface area contributed by atoms with Gasteiger partial charge in [0.25, 0.3) is 0 Å². The minimum atomic E-state index is -0.198. The van der Waals surface area contributed by atoms with Gasteiger partial charge in [-0.05, 0) is 6.08 Å². The van der Waals surface area contributed by atoms with Gasteiger partial charge >= 0.3 is 0 Å². The summed E-state index contributed by atoms with van der Waals surface area (Å²) in [5, 5.41) is 5.69. The number of hydrogen-bond acceptors (Lipinski definition) is 4. The van der Waals surface area contributed by atoms with Crippen molar-refractivity contribution < 1.29 is 9.59 Å². The van der Waals surface area contributed by atoms with Crippen molar-refractivity contribution in [2.45, 2.75) is 6.17 Å². The smallest absolute Gasteiger partial charge is 0.243 e. The van der Waals surface area contributed by atoms with Crippen molar-refractivity contribution in [2.24, 2.45) is 0 Å². The molecule has 0 radical (unpaired) electrons. The fraction of sp³-hybridized carbons (Fsp3) is 0.556. The maximum absolute atomic E-state index is 10.8. The summed E-state index contributed by atoms with van der Waals surface area (Å²) < 4.78 is 0. The van der Waals surface area contributed by atoms with Gasteiger partial charge in [-0.15, -0.1) is 0 Å². The van der Waals surface area contributed by atoms with Gasteiger partial charge in [0.15, 0.2) is 6.29 Å². The molecule has 14 heavy (non-hydrogen) atoms. The Labute approximate surface area is 83.1 Å². The monoisotopic (exact) mass is 197 g/mol. The molecule has 1 aliphatic rings. The first-order chi connectivity index (χ1) is 6.77. The Morgan fingerprint density at radius 1 is 1.71 bits per heavy atom. The largest absolute Gasteiger partial charge is 0.351 e. The third-order valence-corrected chi connectivity index (χ3v) is 2.16. The van der Waals surface area contributed by atoms with Gasteiger partial charge in [0.2, 0.25) is 5.91 Å². The van der Waals surface area contributed by atoms with Gasteiger partial charge in [0.05, 0.1) is 0 Å². The summed E-state index contributed by atoms with van der Waals surface area (Å²) in [6, 6.07) is 0. The van der Waals surface area contributed by atoms with E-state index in [1.807, 2.05) is 4.90 Å². The zero-order valence-electron chi connectivity index (χ0n) is 8.03. The average molecular weight is 197 g/mol. The Balaban J connectivity index is 2.20. The molecule has 1 amide bonds. The van der Waals surface area contributed by atoms with Crippen molar-refractivity contribution in [1.29, 1.82) is 0 Å². The maximum Gasteiger partial charge on any atom is 0.243 e. The second-order valence-corrected chi connectivity index (χ2v) is 3.07. The summed E-state index contributed by atoms with van der Waals surface area (Å²) in [6.07, 6.45) is 1.91. The molecule has 1 rings (SSSR count). The molecule has 5 heteroatoms. The number of nitrogens with one attached hydrogen (secondary N) is 2. The van der Waals surface area contributed by atoms with Crippen molar-refractivity contribution in [3.63, 3.8) is 0 Å². The lowest BCUT2D eigenvalue weighted by molar-refractivity contribution is -0.116. The van der Waals surface area contributed by atoms with Crippen LogP contribution in [0.15, 0.2) is 12.7 Å². The molecule has 0 aliphatic carbocycles. The van der Waals surface area contributed by atoms with E-state index in [0.29, 0.717) is 13.1 Å². The molecule has 1 saturated heterocycles. The number of rotatable bonds is 5. The molecule has 1 heterocycles. The molecular formula is C9H15N3O2. The van der Waals surface area contributed by atoms with Gasteiger partial charge in [0, 0.05) is 26.2 Å². The Kier molecular flexibility index (Phi) is 4.28. The molecule has 0 aromatic heterocycles. The maximum atomic E-state index is 10.8. The highest BCUT2D eigenvalue weighted by Gasteiger charge is 2.22. The molecule has 0 bridgehead atoms. The van der Waals surface area contributed by atoms with E-state index >= 15 is 0 Å². The van der Waals surface area contributed by atoms with Crippen LogP contribution in [-0.2, 0) is 9.59 Å². The lowest BCUT2D eigenvalue weighted by Gasteiger charge is -2.18. The van der Waals surface area contributed by atoms with E-state index < -0.39 is 0 Å². The van der Waals surface area contributed by atoms with Crippen LogP contribution in [0.5, 0.6) is 0 Å². The van der Waals surface area contributed by atoms with E-state index in [2.05, 4.69) is 17.2 Å². The number of carbonyl (C=O) groups excluding carboxylic acids is 2. The molecule has 2 N–H and O–H groups in total. The number of carbonyl (C=O) groups is 2. The highest BCUT2D eigenvalue weighted by molar-refractivity contribution is 5.86. The second-order valence-electron chi connectivity index (χ2n) is 3.07. The molecule has 1 atom stereocenters. The Hall–Kier alpha value is -1.20. The van der Waals surface area contributed by atoms with Crippen LogP contribution < -0.4 is 10.6 Å². The van der Waals surface area contributed by atoms with Crippen LogP contribution in [0, 0.1) is 0 Å². The van der Waals surface area contributed by atoms with Crippen molar-refractivity contribution in [1.82, 2.24) is 15.5 Å². The van der Waals surface area contributed by atoms with Gasteiger partial charge in [-0.2, -0.15) is 0 Å². The van der Waals surface area contributed by atoms with E-state index in [-0.39, 0.29) is 12.1 Å². The minimum absolute atomic E-state index is 0.181. The number of amides is 1. The van der Waals surface area contributed by atoms with Gasteiger partial charge in [-0.1, -0.05) is 6.58 Å². The van der Waals surface area contributed by atoms with Crippen LogP contribution in [0.3, 0.4) is 0 Å². The molecule has 1 fully saturated rings. The summed E-state index contributed by atoms with van der Waals surface area (Å²) in [5.74, 6) is -0.181. The summed E-state index contributed by atoms with van der Waals surface area (Å²) in [6.45, 7) is 6.22. The Bertz CT molecular complexity index is 230. The minimum Gasteiger partial charge on any atom is -0.351 e. The van der Waals surface area contributed by atoms with Crippen LogP contribution in [0.4, 0.5) is 0 Å². The van der Waals surface area contributed by atoms with Crippen molar-refractivity contribution in [3.05, 3.63) is 12.7 Å². The van der Waals surface area contributed by atoms with Crippen LogP contribution in [-0.4, -0.2) is 49.4 Å². The lowest BCUT2D eigenvalue weighted by atomic mass is 10.4. The summed E-state index contributed by atoms with van der Waals surface area (Å²) >= 11 is 0. The quantitative estimate of drug-likeness (QED) is 0.425. The molecule has 5 nitrogen and oxygen atoms in total. The molecular weight excluding hydrogens is 182 g/mol. The topological polar surface area (TPSA) is 61.4 Å². The fourth-order valence-corrected chi connectivity index (χ4v) is 1.40. The molecule has 1 aliphatic heterocycles. The van der Waals surface area contributed by atoms with E-state index in [9.17, 15) is 9.59 Å². The van der Waals surface area contributed by atoms with Crippen molar-refractivity contribution >= 4 is 12.2 Å². The first-order valence-corrected chi connectivity index (χ1v) is 4.61. The van der Waals surface area contributed by atoms with Crippen LogP contribution in [0.2, 0.25) is 0 Å². The zero-order chi connectivity index (χ0) is 10.4. The van der Waals surface area contributed by atoms with Gasteiger partial charge < -0.3 is 10.1 Å². The lowest BCUT2D eigenvalue weighted by Crippen LogP contribution is -2.41. The molecule has 0 saturated carbocycles. The van der Waals surface area contributed by atoms with E-state index in [1.165, 1.54) is 6.08 Å². The van der Waals surface area contributed by atoms with E-state index in [1.54, 1.807) is 0 Å². The van der Waals surface area contributed by atoms with Crippen molar-refractivity contribution in [3.8, 4) is 0 Å². The van der Waals surface area contributed by atoms with Crippen molar-refractivity contribution in [2.75, 3.05) is 26.2 Å². The predicted octanol–water partition coefficient (Wildman–Crippen LogP) is -1.28. The summed E-state index contributed by atoms with van der Waals surface area (Å²) in [4.78, 5) is 23.3. The SMILES string of the molecule is C=CC(=O)NCCN1CCNC1C=O. The summed E-state index contributed by atoms with van der Waals surface area (Å²) in [7, 11) is 0. The van der Waals surface area contributed by atoms with Crippen LogP contribution in [0.1, 0.15) is 0 Å². The second kappa shape index (κ2) is 5.51. The highest BCUT2D eigenvalue weighted by Crippen LogP contribution is 1.98. The average Bonchev–Trinajstić information content (AvgIpc) is 2.65. The third kappa shape index (κ3) is 2.93. The first kappa shape index (κ1) is 10.9. The summed E-state index contributed by atoms with van der Waals surface area (Å²) in [5.41, 5.74) is 0. The van der Waals surface area contributed by atoms with Gasteiger partial charge in [0.1, 0.15) is 6.17 Å². The Morgan fingerprint density at radius 3 is 3.14 bits per heavy atom. The van der Waals surface area contributed by atoms with Gasteiger partial charge in [-0.3, -0.25) is 15.0 Å². The number of hydrogen-bond donors (Lipinski definition) is 2. The fourth-order valence-electron chi connectivity index (χ4n) is 1.40. The molecule has 0 aromatic carbocycles. The first-order valence-electron chi connectivity index (χ1n) is 4.61. The standard InChI is InChI=1S/C9H15N3O2/c1-2-9(14)11-4-6-12-5-3-10-8(12)7-13/h2,7-8,10H,1,3-6H2,(H,11,14). The zero-order valence-corrected chi connectivity index (χ0v) is 8.03. The van der Waals surface area contributed by atoms with Crippen LogP contribution in [0.25, 0.3) is 0 Å². The molecule has 0 aromatic rings. The van der Waals surface area contributed by atoms with E-state index in [0.717, 1.165) is 19.4 Å². The molecule has 0 spiro atoms.